The molecule has 0 saturated heterocycles. The van der Waals surface area contributed by atoms with Crippen molar-refractivity contribution in [3.05, 3.63) is 45.8 Å². The molecular weight excluding hydrogens is 325 g/mol. The normalized spacial score (nSPS) is 11.5. The zero-order chi connectivity index (χ0) is 14.0. The van der Waals surface area contributed by atoms with Crippen molar-refractivity contribution in [1.82, 2.24) is 0 Å². The molecule has 0 aliphatic rings. The van der Waals surface area contributed by atoms with Crippen molar-refractivity contribution in [2.45, 2.75) is 11.1 Å². The smallest absolute Gasteiger partial charge is 0.264 e. The minimum Gasteiger partial charge on any atom is -0.264 e. The number of sulfonamides is 1. The summed E-state index contributed by atoms with van der Waals surface area (Å²) in [7, 11) is -3.59. The quantitative estimate of drug-likeness (QED) is 0.836. The molecule has 0 spiro atoms. The monoisotopic (exact) mass is 335 g/mol. The van der Waals surface area contributed by atoms with Crippen LogP contribution < -0.4 is 4.31 Å². The van der Waals surface area contributed by atoms with E-state index in [1.165, 1.54) is 15.6 Å². The maximum absolute atomic E-state index is 12.5. The highest BCUT2D eigenvalue weighted by molar-refractivity contribution is 7.94. The summed E-state index contributed by atoms with van der Waals surface area (Å²) < 4.78 is 26.6. The van der Waals surface area contributed by atoms with Crippen LogP contribution in [-0.4, -0.2) is 15.0 Å². The number of benzene rings is 1. The van der Waals surface area contributed by atoms with Gasteiger partial charge in [0, 0.05) is 6.54 Å². The van der Waals surface area contributed by atoms with E-state index in [0.29, 0.717) is 10.7 Å². The zero-order valence-corrected chi connectivity index (χ0v) is 13.2. The molecule has 3 nitrogen and oxygen atoms in total. The van der Waals surface area contributed by atoms with E-state index in [4.69, 9.17) is 23.2 Å². The number of hydrogen-bond donors (Lipinski definition) is 0. The predicted octanol–water partition coefficient (Wildman–Crippen LogP) is 4.27. The molecule has 0 unspecified atom stereocenters. The van der Waals surface area contributed by atoms with Crippen LogP contribution in [0.4, 0.5) is 5.69 Å². The summed E-state index contributed by atoms with van der Waals surface area (Å²) in [5.74, 6) is 0. The summed E-state index contributed by atoms with van der Waals surface area (Å²) in [5, 5.41) is 2.30. The standard InChI is InChI=1S/C12H11Cl2NO2S2/c1-2-15(10-6-3-5-9(13)12(10)14)19(16,17)11-7-4-8-18-11/h3-8H,2H2,1H3. The van der Waals surface area contributed by atoms with Gasteiger partial charge in [-0.3, -0.25) is 4.31 Å². The molecule has 1 aromatic heterocycles. The number of hydrogen-bond acceptors (Lipinski definition) is 3. The van der Waals surface area contributed by atoms with E-state index in [1.807, 2.05) is 0 Å². The van der Waals surface area contributed by atoms with Gasteiger partial charge >= 0.3 is 0 Å². The maximum atomic E-state index is 12.5. The van der Waals surface area contributed by atoms with Crippen molar-refractivity contribution in [1.29, 1.82) is 0 Å². The second-order valence-electron chi connectivity index (χ2n) is 3.67. The third-order valence-electron chi connectivity index (χ3n) is 2.53. The number of thiophene rings is 1. The first-order valence-electron chi connectivity index (χ1n) is 5.48. The highest BCUT2D eigenvalue weighted by Crippen LogP contribution is 2.35. The van der Waals surface area contributed by atoms with E-state index in [1.54, 1.807) is 42.6 Å². The molecule has 0 saturated carbocycles. The Bertz CT molecular complexity index is 669. The van der Waals surface area contributed by atoms with Gasteiger partial charge < -0.3 is 0 Å². The average Bonchev–Trinajstić information content (AvgIpc) is 2.89. The second-order valence-corrected chi connectivity index (χ2v) is 7.50. The van der Waals surface area contributed by atoms with Gasteiger partial charge in [-0.2, -0.15) is 0 Å². The Morgan fingerprint density at radius 1 is 1.21 bits per heavy atom. The van der Waals surface area contributed by atoms with Crippen molar-refractivity contribution in [3.63, 3.8) is 0 Å². The predicted molar refractivity (Wildman–Crippen MR) is 81.0 cm³/mol. The summed E-state index contributed by atoms with van der Waals surface area (Å²) in [6.45, 7) is 2.03. The lowest BCUT2D eigenvalue weighted by molar-refractivity contribution is 0.594. The largest absolute Gasteiger partial charge is 0.273 e. The molecule has 19 heavy (non-hydrogen) atoms. The van der Waals surface area contributed by atoms with Gasteiger partial charge in [0.15, 0.2) is 0 Å². The molecule has 102 valence electrons. The van der Waals surface area contributed by atoms with E-state index < -0.39 is 10.0 Å². The Kier molecular flexibility index (Phi) is 4.40. The van der Waals surface area contributed by atoms with Gasteiger partial charge in [0.05, 0.1) is 15.7 Å². The summed E-state index contributed by atoms with van der Waals surface area (Å²) in [4.78, 5) is 0. The van der Waals surface area contributed by atoms with Crippen LogP contribution >= 0.6 is 34.5 Å². The Balaban J connectivity index is 2.55. The van der Waals surface area contributed by atoms with Gasteiger partial charge in [0.2, 0.25) is 0 Å². The molecule has 0 atom stereocenters. The number of rotatable bonds is 4. The van der Waals surface area contributed by atoms with E-state index in [2.05, 4.69) is 0 Å². The van der Waals surface area contributed by atoms with Crippen molar-refractivity contribution in [2.75, 3.05) is 10.8 Å². The van der Waals surface area contributed by atoms with E-state index >= 15 is 0 Å². The third-order valence-corrected chi connectivity index (χ3v) is 6.60. The van der Waals surface area contributed by atoms with Crippen LogP contribution in [-0.2, 0) is 10.0 Å². The van der Waals surface area contributed by atoms with Crippen LogP contribution in [0.3, 0.4) is 0 Å². The molecule has 0 aliphatic heterocycles. The second kappa shape index (κ2) is 5.71. The van der Waals surface area contributed by atoms with E-state index in [0.717, 1.165) is 0 Å². The van der Waals surface area contributed by atoms with E-state index in [-0.39, 0.29) is 15.8 Å². The number of anilines is 1. The first-order chi connectivity index (χ1) is 8.98. The summed E-state index contributed by atoms with van der Waals surface area (Å²) in [6.07, 6.45) is 0. The lowest BCUT2D eigenvalue weighted by atomic mass is 10.3. The van der Waals surface area contributed by atoms with Gasteiger partial charge in [-0.25, -0.2) is 8.42 Å². The van der Waals surface area contributed by atoms with Crippen LogP contribution in [0.1, 0.15) is 6.92 Å². The summed E-state index contributed by atoms with van der Waals surface area (Å²) in [5.41, 5.74) is 0.394. The van der Waals surface area contributed by atoms with Crippen LogP contribution in [0.25, 0.3) is 0 Å². The fourth-order valence-corrected chi connectivity index (χ4v) is 4.71. The topological polar surface area (TPSA) is 37.4 Å². The van der Waals surface area contributed by atoms with Gasteiger partial charge in [-0.05, 0) is 30.5 Å². The van der Waals surface area contributed by atoms with Crippen molar-refractivity contribution in [3.8, 4) is 0 Å². The molecule has 0 amide bonds. The minimum absolute atomic E-state index is 0.242. The Labute approximate surface area is 126 Å². The van der Waals surface area contributed by atoms with Crippen LogP contribution in [0.15, 0.2) is 39.9 Å². The highest BCUT2D eigenvalue weighted by Gasteiger charge is 2.26. The molecule has 1 heterocycles. The first-order valence-corrected chi connectivity index (χ1v) is 8.56. The number of halogens is 2. The molecule has 7 heteroatoms. The molecule has 0 radical (unpaired) electrons. The fourth-order valence-electron chi connectivity index (χ4n) is 1.67. The van der Waals surface area contributed by atoms with Crippen LogP contribution in [0.5, 0.6) is 0 Å². The number of nitrogens with zero attached hydrogens (tertiary/aromatic N) is 1. The Morgan fingerprint density at radius 3 is 2.53 bits per heavy atom. The van der Waals surface area contributed by atoms with Crippen LogP contribution in [0.2, 0.25) is 10.0 Å². The van der Waals surface area contributed by atoms with Crippen molar-refractivity contribution in [2.24, 2.45) is 0 Å². The molecular formula is C12H11Cl2NO2S2. The SMILES string of the molecule is CCN(c1cccc(Cl)c1Cl)S(=O)(=O)c1cccs1. The molecule has 2 rings (SSSR count). The maximum Gasteiger partial charge on any atom is 0.273 e. The van der Waals surface area contributed by atoms with Crippen molar-refractivity contribution >= 4 is 50.2 Å². The van der Waals surface area contributed by atoms with Crippen molar-refractivity contribution < 1.29 is 8.42 Å². The van der Waals surface area contributed by atoms with Gasteiger partial charge in [0.1, 0.15) is 4.21 Å². The summed E-state index contributed by atoms with van der Waals surface area (Å²) >= 11 is 13.2. The lowest BCUT2D eigenvalue weighted by Gasteiger charge is -2.23. The fraction of sp³-hybridized carbons (Fsp3) is 0.167. The Morgan fingerprint density at radius 2 is 1.95 bits per heavy atom. The molecule has 0 fully saturated rings. The van der Waals surface area contributed by atoms with Gasteiger partial charge in [0.25, 0.3) is 10.0 Å². The van der Waals surface area contributed by atoms with Gasteiger partial charge in [-0.1, -0.05) is 35.3 Å². The Hall–Kier alpha value is -0.750. The average molecular weight is 336 g/mol. The van der Waals surface area contributed by atoms with Gasteiger partial charge in [-0.15, -0.1) is 11.3 Å². The highest BCUT2D eigenvalue weighted by atomic mass is 35.5. The third kappa shape index (κ3) is 2.74. The molecule has 0 bridgehead atoms. The minimum atomic E-state index is -3.59. The molecule has 0 aliphatic carbocycles. The van der Waals surface area contributed by atoms with Crippen LogP contribution in [0, 0.1) is 0 Å². The lowest BCUT2D eigenvalue weighted by Crippen LogP contribution is -2.30. The first kappa shape index (κ1) is 14.7. The zero-order valence-electron chi connectivity index (χ0n) is 10.0. The molecule has 2 aromatic rings. The molecule has 1 aromatic carbocycles. The van der Waals surface area contributed by atoms with E-state index in [9.17, 15) is 8.42 Å². The summed E-state index contributed by atoms with van der Waals surface area (Å²) in [6, 6.07) is 8.21. The molecule has 0 N–H and O–H groups in total.